The Morgan fingerprint density at radius 1 is 1.00 bits per heavy atom. The zero-order valence-corrected chi connectivity index (χ0v) is 9.33. The average Bonchev–Trinajstić information content (AvgIpc) is 2.27. The van der Waals surface area contributed by atoms with E-state index in [1.807, 2.05) is 0 Å². The van der Waals surface area contributed by atoms with E-state index < -0.39 is 0 Å². The van der Waals surface area contributed by atoms with Crippen molar-refractivity contribution in [3.05, 3.63) is 47.5 Å². The topological polar surface area (TPSA) is 26.0 Å². The fourth-order valence-corrected chi connectivity index (χ4v) is 2.08. The Morgan fingerprint density at radius 2 is 1.67 bits per heavy atom. The molecule has 2 rings (SSSR count). The minimum absolute atomic E-state index is 0.557. The van der Waals surface area contributed by atoms with Crippen LogP contribution in [-0.4, -0.2) is 0 Å². The maximum Gasteiger partial charge on any atom is 0.0184 e. The maximum atomic E-state index is 5.74. The molecule has 0 bridgehead atoms. The molecule has 0 spiro atoms. The monoisotopic (exact) mass is 199 g/mol. The van der Waals surface area contributed by atoms with Gasteiger partial charge in [0.25, 0.3) is 0 Å². The van der Waals surface area contributed by atoms with Gasteiger partial charge in [0.2, 0.25) is 0 Å². The Morgan fingerprint density at radius 3 is 2.33 bits per heavy atom. The number of rotatable bonds is 2. The van der Waals surface area contributed by atoms with Crippen molar-refractivity contribution < 1.29 is 0 Å². The van der Waals surface area contributed by atoms with Gasteiger partial charge in [0.15, 0.2) is 0 Å². The van der Waals surface area contributed by atoms with Gasteiger partial charge in [0.1, 0.15) is 0 Å². The minimum Gasteiger partial charge on any atom is -0.326 e. The summed E-state index contributed by atoms with van der Waals surface area (Å²) < 4.78 is 0. The van der Waals surface area contributed by atoms with Gasteiger partial charge in [-0.15, -0.1) is 0 Å². The van der Waals surface area contributed by atoms with E-state index in [-0.39, 0.29) is 0 Å². The predicted molar refractivity (Wildman–Crippen MR) is 65.9 cm³/mol. The van der Waals surface area contributed by atoms with Crippen LogP contribution in [0.3, 0.4) is 0 Å². The van der Waals surface area contributed by atoms with Crippen molar-refractivity contribution in [1.82, 2.24) is 0 Å². The third-order valence-corrected chi connectivity index (χ3v) is 2.89. The molecule has 0 radical (unpaired) electrons. The third kappa shape index (κ3) is 1.75. The van der Waals surface area contributed by atoms with E-state index in [2.05, 4.69) is 50.2 Å². The van der Waals surface area contributed by atoms with Crippen molar-refractivity contribution in [2.24, 2.45) is 5.73 Å². The number of nitrogens with two attached hydrogens (primary N) is 1. The molecule has 2 aromatic carbocycles. The molecule has 2 aromatic rings. The van der Waals surface area contributed by atoms with Crippen LogP contribution in [0.2, 0.25) is 0 Å². The normalized spacial score (nSPS) is 11.2. The van der Waals surface area contributed by atoms with Gasteiger partial charge < -0.3 is 5.73 Å². The zero-order chi connectivity index (χ0) is 10.8. The summed E-state index contributed by atoms with van der Waals surface area (Å²) in [5, 5.41) is 2.64. The first kappa shape index (κ1) is 10.2. The summed E-state index contributed by atoms with van der Waals surface area (Å²) in [4.78, 5) is 0. The highest BCUT2D eigenvalue weighted by Gasteiger charge is 2.06. The molecule has 1 nitrogen and oxygen atoms in total. The SMILES string of the molecule is CC(C)c1cccc2c(CN)cccc12. The first-order valence-electron chi connectivity index (χ1n) is 5.44. The molecule has 15 heavy (non-hydrogen) atoms. The summed E-state index contributed by atoms with van der Waals surface area (Å²) in [6, 6.07) is 12.9. The standard InChI is InChI=1S/C14H17N/c1-10(2)12-6-4-7-13-11(9-15)5-3-8-14(12)13/h3-8,10H,9,15H2,1-2H3. The smallest absolute Gasteiger partial charge is 0.0184 e. The van der Waals surface area contributed by atoms with Gasteiger partial charge in [-0.3, -0.25) is 0 Å². The van der Waals surface area contributed by atoms with Gasteiger partial charge in [0.05, 0.1) is 0 Å². The van der Waals surface area contributed by atoms with Crippen LogP contribution in [0.25, 0.3) is 10.8 Å². The predicted octanol–water partition coefficient (Wildman–Crippen LogP) is 3.42. The molecule has 0 aliphatic rings. The van der Waals surface area contributed by atoms with Gasteiger partial charge in [-0.05, 0) is 27.8 Å². The summed E-state index contributed by atoms with van der Waals surface area (Å²) in [7, 11) is 0. The largest absolute Gasteiger partial charge is 0.326 e. The second kappa shape index (κ2) is 4.03. The molecule has 78 valence electrons. The Kier molecular flexibility index (Phi) is 2.74. The molecule has 0 fully saturated rings. The van der Waals surface area contributed by atoms with Crippen LogP contribution in [0.4, 0.5) is 0 Å². The molecule has 0 atom stereocenters. The van der Waals surface area contributed by atoms with E-state index in [9.17, 15) is 0 Å². The minimum atomic E-state index is 0.557. The molecule has 0 amide bonds. The molecule has 1 heteroatoms. The summed E-state index contributed by atoms with van der Waals surface area (Å²) in [5.74, 6) is 0.557. The highest BCUT2D eigenvalue weighted by molar-refractivity contribution is 5.89. The lowest BCUT2D eigenvalue weighted by molar-refractivity contribution is 0.876. The van der Waals surface area contributed by atoms with Crippen LogP contribution in [0.15, 0.2) is 36.4 Å². The molecule has 0 saturated carbocycles. The van der Waals surface area contributed by atoms with Crippen molar-refractivity contribution in [3.8, 4) is 0 Å². The Bertz CT molecular complexity index is 472. The van der Waals surface area contributed by atoms with E-state index >= 15 is 0 Å². The Hall–Kier alpha value is -1.34. The van der Waals surface area contributed by atoms with Crippen molar-refractivity contribution in [1.29, 1.82) is 0 Å². The quantitative estimate of drug-likeness (QED) is 0.788. The van der Waals surface area contributed by atoms with Crippen LogP contribution in [0.1, 0.15) is 30.9 Å². The molecular formula is C14H17N. The van der Waals surface area contributed by atoms with Crippen molar-refractivity contribution in [2.45, 2.75) is 26.3 Å². The van der Waals surface area contributed by atoms with E-state index in [4.69, 9.17) is 5.73 Å². The molecule has 0 saturated heterocycles. The first-order chi connectivity index (χ1) is 7.24. The van der Waals surface area contributed by atoms with Gasteiger partial charge >= 0.3 is 0 Å². The molecule has 0 heterocycles. The van der Waals surface area contributed by atoms with Gasteiger partial charge in [-0.25, -0.2) is 0 Å². The highest BCUT2D eigenvalue weighted by atomic mass is 14.5. The fourth-order valence-electron chi connectivity index (χ4n) is 2.08. The number of hydrogen-bond donors (Lipinski definition) is 1. The Labute approximate surface area is 90.9 Å². The lowest BCUT2D eigenvalue weighted by Crippen LogP contribution is -1.98. The molecule has 2 N–H and O–H groups in total. The second-order valence-corrected chi connectivity index (χ2v) is 4.22. The van der Waals surface area contributed by atoms with Crippen molar-refractivity contribution in [3.63, 3.8) is 0 Å². The van der Waals surface area contributed by atoms with E-state index in [1.165, 1.54) is 21.9 Å². The van der Waals surface area contributed by atoms with E-state index in [1.54, 1.807) is 0 Å². The molecule has 0 aliphatic heterocycles. The molecule has 0 aliphatic carbocycles. The highest BCUT2D eigenvalue weighted by Crippen LogP contribution is 2.27. The first-order valence-corrected chi connectivity index (χ1v) is 5.44. The number of benzene rings is 2. The number of hydrogen-bond acceptors (Lipinski definition) is 1. The van der Waals surface area contributed by atoms with Crippen LogP contribution in [0.5, 0.6) is 0 Å². The van der Waals surface area contributed by atoms with Crippen molar-refractivity contribution >= 4 is 10.8 Å². The lowest BCUT2D eigenvalue weighted by Gasteiger charge is -2.11. The van der Waals surface area contributed by atoms with E-state index in [0.717, 1.165) is 0 Å². The van der Waals surface area contributed by atoms with E-state index in [0.29, 0.717) is 12.5 Å². The zero-order valence-electron chi connectivity index (χ0n) is 9.33. The van der Waals surface area contributed by atoms with Crippen LogP contribution >= 0.6 is 0 Å². The molecule has 0 aromatic heterocycles. The summed E-state index contributed by atoms with van der Waals surface area (Å²) in [6.07, 6.45) is 0. The summed E-state index contributed by atoms with van der Waals surface area (Å²) in [5.41, 5.74) is 8.38. The van der Waals surface area contributed by atoms with Gasteiger partial charge in [-0.1, -0.05) is 50.2 Å². The third-order valence-electron chi connectivity index (χ3n) is 2.89. The maximum absolute atomic E-state index is 5.74. The summed E-state index contributed by atoms with van der Waals surface area (Å²) >= 11 is 0. The van der Waals surface area contributed by atoms with Crippen LogP contribution < -0.4 is 5.73 Å². The fraction of sp³-hybridized carbons (Fsp3) is 0.286. The average molecular weight is 199 g/mol. The molecule has 0 unspecified atom stereocenters. The van der Waals surface area contributed by atoms with Gasteiger partial charge in [0, 0.05) is 6.54 Å². The van der Waals surface area contributed by atoms with Crippen molar-refractivity contribution in [2.75, 3.05) is 0 Å². The summed E-state index contributed by atoms with van der Waals surface area (Å²) in [6.45, 7) is 5.06. The second-order valence-electron chi connectivity index (χ2n) is 4.22. The van der Waals surface area contributed by atoms with Crippen LogP contribution in [-0.2, 0) is 6.54 Å². The van der Waals surface area contributed by atoms with Gasteiger partial charge in [-0.2, -0.15) is 0 Å². The van der Waals surface area contributed by atoms with Crippen LogP contribution in [0, 0.1) is 0 Å². The Balaban J connectivity index is 2.76. The lowest BCUT2D eigenvalue weighted by atomic mass is 9.94. The molecular weight excluding hydrogens is 182 g/mol. The number of fused-ring (bicyclic) bond motifs is 1.